The predicted molar refractivity (Wildman–Crippen MR) is 50.9 cm³/mol. The molecule has 0 aliphatic heterocycles. The maximum atomic E-state index is 10.6. The van der Waals surface area contributed by atoms with Gasteiger partial charge in [0, 0.05) is 19.3 Å². The molecule has 0 radical (unpaired) electrons. The lowest BCUT2D eigenvalue weighted by Gasteiger charge is -2.02. The minimum Gasteiger partial charge on any atom is -0.282 e. The van der Waals surface area contributed by atoms with E-state index in [2.05, 4.69) is 18.7 Å². The van der Waals surface area contributed by atoms with E-state index in [4.69, 9.17) is 0 Å². The summed E-state index contributed by atoms with van der Waals surface area (Å²) in [5.41, 5.74) is 2.50. The molecule has 13 heavy (non-hydrogen) atoms. The predicted octanol–water partition coefficient (Wildman–Crippen LogP) is -0.994. The molecule has 2 N–H and O–H groups in total. The zero-order chi connectivity index (χ0) is 10.1. The van der Waals surface area contributed by atoms with Crippen molar-refractivity contribution in [2.24, 2.45) is 0 Å². The zero-order valence-electron chi connectivity index (χ0n) is 7.57. The van der Waals surface area contributed by atoms with Gasteiger partial charge in [-0.2, -0.15) is 5.48 Å². The monoisotopic (exact) mass is 230 g/mol. The molecule has 2 unspecified atom stereocenters. The van der Waals surface area contributed by atoms with Crippen LogP contribution >= 0.6 is 0 Å². The fourth-order valence-electron chi connectivity index (χ4n) is 0.500. The first-order valence-corrected chi connectivity index (χ1v) is 6.16. The summed E-state index contributed by atoms with van der Waals surface area (Å²) in [5, 5.41) is 0. The Bertz CT molecular complexity index is 178. The van der Waals surface area contributed by atoms with Gasteiger partial charge in [0.25, 0.3) is 0 Å². The first-order chi connectivity index (χ1) is 6.16. The maximum absolute atomic E-state index is 10.6. The lowest BCUT2D eigenvalue weighted by molar-refractivity contribution is 0.222. The van der Waals surface area contributed by atoms with E-state index < -0.39 is 22.3 Å². The summed E-state index contributed by atoms with van der Waals surface area (Å²) in [7, 11) is 1.35. The first kappa shape index (κ1) is 13.1. The minimum absolute atomic E-state index is 0.535. The Balaban J connectivity index is 3.08. The van der Waals surface area contributed by atoms with Crippen LogP contribution in [0, 0.1) is 0 Å². The van der Waals surface area contributed by atoms with Gasteiger partial charge in [-0.1, -0.05) is 0 Å². The van der Waals surface area contributed by atoms with Gasteiger partial charge >= 0.3 is 0 Å². The molecule has 0 aliphatic rings. The van der Waals surface area contributed by atoms with E-state index in [1.54, 1.807) is 0 Å². The maximum Gasteiger partial charge on any atom is 0.234 e. The standard InChI is InChI=1S/C5H14N2O4S2/c1-10-13(9)7-5-3-4-6-11-12(2)8/h6-7H,3-5H2,1-2H3. The van der Waals surface area contributed by atoms with E-state index in [0.717, 1.165) is 0 Å². The molecule has 0 aromatic heterocycles. The second kappa shape index (κ2) is 8.73. The van der Waals surface area contributed by atoms with E-state index in [0.29, 0.717) is 19.5 Å². The lowest BCUT2D eigenvalue weighted by atomic mass is 10.4. The van der Waals surface area contributed by atoms with E-state index in [1.165, 1.54) is 13.4 Å². The van der Waals surface area contributed by atoms with Gasteiger partial charge in [0.05, 0.1) is 7.11 Å². The van der Waals surface area contributed by atoms with Crippen molar-refractivity contribution in [3.05, 3.63) is 0 Å². The van der Waals surface area contributed by atoms with E-state index >= 15 is 0 Å². The third-order valence-electron chi connectivity index (χ3n) is 1.00. The van der Waals surface area contributed by atoms with E-state index in [9.17, 15) is 8.42 Å². The SMILES string of the molecule is COS(=O)NCCCNOS(C)=O. The van der Waals surface area contributed by atoms with Crippen LogP contribution in [-0.2, 0) is 30.8 Å². The van der Waals surface area contributed by atoms with Gasteiger partial charge in [0.2, 0.25) is 11.3 Å². The normalized spacial score (nSPS) is 15.5. The van der Waals surface area contributed by atoms with E-state index in [-0.39, 0.29) is 0 Å². The Morgan fingerprint density at radius 2 is 2.00 bits per heavy atom. The third kappa shape index (κ3) is 10.1. The Morgan fingerprint density at radius 3 is 2.54 bits per heavy atom. The largest absolute Gasteiger partial charge is 0.282 e. The molecular formula is C5H14N2O4S2. The molecule has 80 valence electrons. The lowest BCUT2D eigenvalue weighted by Crippen LogP contribution is -2.24. The van der Waals surface area contributed by atoms with Crippen LogP contribution in [0.5, 0.6) is 0 Å². The van der Waals surface area contributed by atoms with Crippen molar-refractivity contribution in [2.75, 3.05) is 26.5 Å². The van der Waals surface area contributed by atoms with Crippen molar-refractivity contribution in [3.8, 4) is 0 Å². The molecule has 2 atom stereocenters. The Kier molecular flexibility index (Phi) is 8.82. The topological polar surface area (TPSA) is 76.7 Å². The Labute approximate surface area is 82.8 Å². The summed E-state index contributed by atoms with van der Waals surface area (Å²) in [6.07, 6.45) is 2.12. The summed E-state index contributed by atoms with van der Waals surface area (Å²) in [6, 6.07) is 0. The molecular weight excluding hydrogens is 216 g/mol. The van der Waals surface area contributed by atoms with Crippen LogP contribution in [0.25, 0.3) is 0 Å². The molecule has 8 heteroatoms. The van der Waals surface area contributed by atoms with Crippen LogP contribution in [0.3, 0.4) is 0 Å². The summed E-state index contributed by atoms with van der Waals surface area (Å²) < 4.78 is 32.6. The fourth-order valence-corrected chi connectivity index (χ4v) is 1.18. The molecule has 0 aromatic rings. The van der Waals surface area contributed by atoms with Gasteiger partial charge in [0.15, 0.2) is 11.1 Å². The molecule has 6 nitrogen and oxygen atoms in total. The van der Waals surface area contributed by atoms with Crippen LogP contribution in [0.1, 0.15) is 6.42 Å². The number of hydroxylamine groups is 1. The highest BCUT2D eigenvalue weighted by Crippen LogP contribution is 1.79. The zero-order valence-corrected chi connectivity index (χ0v) is 9.20. The van der Waals surface area contributed by atoms with Gasteiger partial charge in [-0.05, 0) is 6.42 Å². The van der Waals surface area contributed by atoms with Crippen LogP contribution < -0.4 is 10.2 Å². The third-order valence-corrected chi connectivity index (χ3v) is 2.10. The molecule has 0 aromatic carbocycles. The summed E-state index contributed by atoms with van der Waals surface area (Å²) >= 11 is -2.72. The molecule has 0 aliphatic carbocycles. The molecule has 0 saturated carbocycles. The van der Waals surface area contributed by atoms with Crippen LogP contribution in [0.15, 0.2) is 0 Å². The highest BCUT2D eigenvalue weighted by Gasteiger charge is 1.95. The highest BCUT2D eigenvalue weighted by molar-refractivity contribution is 7.79. The van der Waals surface area contributed by atoms with Crippen molar-refractivity contribution in [1.82, 2.24) is 10.2 Å². The summed E-state index contributed by atoms with van der Waals surface area (Å²) in [4.78, 5) is 0. The molecule has 0 bridgehead atoms. The van der Waals surface area contributed by atoms with Gasteiger partial charge in [-0.3, -0.25) is 4.18 Å². The smallest absolute Gasteiger partial charge is 0.234 e. The average Bonchev–Trinajstić information content (AvgIpc) is 2.10. The van der Waals surface area contributed by atoms with Crippen LogP contribution in [0.2, 0.25) is 0 Å². The van der Waals surface area contributed by atoms with Crippen molar-refractivity contribution in [3.63, 3.8) is 0 Å². The Hall–Kier alpha value is 0.140. The quantitative estimate of drug-likeness (QED) is 0.413. The molecule has 0 amide bonds. The molecule has 0 heterocycles. The van der Waals surface area contributed by atoms with Crippen molar-refractivity contribution < 1.29 is 16.9 Å². The van der Waals surface area contributed by atoms with Gasteiger partial charge in [-0.25, -0.2) is 17.4 Å². The van der Waals surface area contributed by atoms with Gasteiger partial charge in [0.1, 0.15) is 0 Å². The fraction of sp³-hybridized carbons (Fsp3) is 1.00. The summed E-state index contributed by atoms with van der Waals surface area (Å²) in [5.74, 6) is 0. The number of hydrogen-bond donors (Lipinski definition) is 2. The summed E-state index contributed by atoms with van der Waals surface area (Å²) in [6.45, 7) is 1.07. The van der Waals surface area contributed by atoms with Crippen molar-refractivity contribution in [2.45, 2.75) is 6.42 Å². The first-order valence-electron chi connectivity index (χ1n) is 3.60. The van der Waals surface area contributed by atoms with E-state index in [1.807, 2.05) is 0 Å². The molecule has 0 spiro atoms. The number of rotatable bonds is 8. The molecule has 0 saturated heterocycles. The molecule has 0 fully saturated rings. The van der Waals surface area contributed by atoms with Crippen molar-refractivity contribution >= 4 is 22.3 Å². The van der Waals surface area contributed by atoms with Gasteiger partial charge < -0.3 is 0 Å². The Morgan fingerprint density at radius 1 is 1.31 bits per heavy atom. The number of nitrogens with one attached hydrogen (secondary N) is 2. The average molecular weight is 230 g/mol. The van der Waals surface area contributed by atoms with Crippen LogP contribution in [-0.4, -0.2) is 34.9 Å². The van der Waals surface area contributed by atoms with Gasteiger partial charge in [-0.15, -0.1) is 0 Å². The highest BCUT2D eigenvalue weighted by atomic mass is 32.2. The van der Waals surface area contributed by atoms with Crippen molar-refractivity contribution in [1.29, 1.82) is 0 Å². The minimum atomic E-state index is -1.42. The molecule has 0 rings (SSSR count). The second-order valence-electron chi connectivity index (χ2n) is 2.03. The second-order valence-corrected chi connectivity index (χ2v) is 4.09. The van der Waals surface area contributed by atoms with Crippen LogP contribution in [0.4, 0.5) is 0 Å². The number of hydrogen-bond acceptors (Lipinski definition) is 5.